The van der Waals surface area contributed by atoms with Crippen LogP contribution < -0.4 is 10.3 Å². The Morgan fingerprint density at radius 2 is 2.04 bits per heavy atom. The molecule has 4 aromatic rings. The third-order valence-electron chi connectivity index (χ3n) is 3.74. The molecule has 1 aromatic carbocycles. The Hall–Kier alpha value is -2.64. The van der Waals surface area contributed by atoms with Crippen LogP contribution in [0.25, 0.3) is 33.3 Å². The molecule has 7 heteroatoms. The van der Waals surface area contributed by atoms with Crippen molar-refractivity contribution in [3.8, 4) is 17.1 Å². The predicted molar refractivity (Wildman–Crippen MR) is 94.9 cm³/mol. The van der Waals surface area contributed by atoms with Gasteiger partial charge in [-0.3, -0.25) is 4.79 Å². The Bertz CT molecular complexity index is 1060. The summed E-state index contributed by atoms with van der Waals surface area (Å²) < 4.78 is 10.6. The minimum absolute atomic E-state index is 0.205. The van der Waals surface area contributed by atoms with Crippen LogP contribution in [0.5, 0.6) is 5.75 Å². The number of thiophene rings is 1. The summed E-state index contributed by atoms with van der Waals surface area (Å²) in [7, 11) is 1.64. The highest BCUT2D eigenvalue weighted by atomic mass is 32.1. The Morgan fingerprint density at radius 1 is 1.12 bits per heavy atom. The molecular weight excluding hydrogens is 326 g/mol. The van der Waals surface area contributed by atoms with E-state index in [0.717, 1.165) is 27.7 Å². The molecule has 0 aliphatic heterocycles. The van der Waals surface area contributed by atoms with Crippen LogP contribution in [0, 0.1) is 0 Å². The molecule has 0 aliphatic carbocycles. The molecule has 0 radical (unpaired) electrons. The van der Waals surface area contributed by atoms with Gasteiger partial charge in [0.15, 0.2) is 5.69 Å². The fraction of sp³-hybridized carbons (Fsp3) is 0.176. The zero-order valence-corrected chi connectivity index (χ0v) is 13.8. The van der Waals surface area contributed by atoms with Crippen molar-refractivity contribution in [2.75, 3.05) is 20.3 Å². The molecule has 0 saturated carbocycles. The van der Waals surface area contributed by atoms with Gasteiger partial charge >= 0.3 is 0 Å². The molecule has 0 atom stereocenters. The van der Waals surface area contributed by atoms with Crippen LogP contribution in [0.3, 0.4) is 0 Å². The number of aromatic nitrogens is 3. The third kappa shape index (κ3) is 2.68. The molecule has 3 heterocycles. The average Bonchev–Trinajstić information content (AvgIpc) is 3.19. The summed E-state index contributed by atoms with van der Waals surface area (Å²) >= 11 is 1.51. The number of ether oxygens (including phenoxy) is 2. The van der Waals surface area contributed by atoms with E-state index in [1.807, 2.05) is 35.0 Å². The largest absolute Gasteiger partial charge is 0.491 e. The molecular formula is C17H15N3O3S. The number of hydrogen-bond donors (Lipinski definition) is 2. The summed E-state index contributed by atoms with van der Waals surface area (Å²) in [6.45, 7) is 1.03. The van der Waals surface area contributed by atoms with Gasteiger partial charge in [-0.25, -0.2) is 4.98 Å². The van der Waals surface area contributed by atoms with E-state index in [9.17, 15) is 4.79 Å². The van der Waals surface area contributed by atoms with Crippen molar-refractivity contribution in [3.05, 3.63) is 45.4 Å². The lowest BCUT2D eigenvalue weighted by Gasteiger charge is -2.04. The van der Waals surface area contributed by atoms with Crippen LogP contribution in [-0.2, 0) is 4.74 Å². The zero-order valence-electron chi connectivity index (χ0n) is 13.0. The minimum atomic E-state index is -0.205. The number of aromatic amines is 2. The van der Waals surface area contributed by atoms with Gasteiger partial charge in [0.1, 0.15) is 12.4 Å². The second-order valence-electron chi connectivity index (χ2n) is 5.36. The van der Waals surface area contributed by atoms with Crippen molar-refractivity contribution >= 4 is 33.3 Å². The molecule has 6 nitrogen and oxygen atoms in total. The standard InChI is InChI=1S/C17H15N3O3S/c1-22-4-5-23-11-2-3-12-10(6-11)7-13(18-12)16-17(21)20-15-9-24-8-14(15)19-16/h2-3,6-9,18H,4-5H2,1H3,(H,20,21). The maximum Gasteiger partial charge on any atom is 0.276 e. The number of nitrogens with one attached hydrogen (secondary N) is 2. The van der Waals surface area contributed by atoms with E-state index in [1.54, 1.807) is 7.11 Å². The number of rotatable bonds is 5. The van der Waals surface area contributed by atoms with Crippen LogP contribution in [-0.4, -0.2) is 35.3 Å². The highest BCUT2D eigenvalue weighted by Gasteiger charge is 2.11. The smallest absolute Gasteiger partial charge is 0.276 e. The fourth-order valence-electron chi connectivity index (χ4n) is 2.58. The van der Waals surface area contributed by atoms with Gasteiger partial charge in [0, 0.05) is 28.8 Å². The minimum Gasteiger partial charge on any atom is -0.491 e. The number of benzene rings is 1. The summed E-state index contributed by atoms with van der Waals surface area (Å²) in [6.07, 6.45) is 0. The summed E-state index contributed by atoms with van der Waals surface area (Å²) in [6, 6.07) is 7.66. The molecule has 0 fully saturated rings. The first kappa shape index (κ1) is 14.9. The highest BCUT2D eigenvalue weighted by molar-refractivity contribution is 7.09. The topological polar surface area (TPSA) is 80.0 Å². The van der Waals surface area contributed by atoms with Gasteiger partial charge in [0.05, 0.1) is 23.3 Å². The van der Waals surface area contributed by atoms with Crippen molar-refractivity contribution < 1.29 is 9.47 Å². The van der Waals surface area contributed by atoms with E-state index in [1.165, 1.54) is 11.3 Å². The Labute approximate surface area is 141 Å². The lowest BCUT2D eigenvalue weighted by atomic mass is 10.2. The Balaban J connectivity index is 1.73. The van der Waals surface area contributed by atoms with Crippen molar-refractivity contribution in [2.45, 2.75) is 0 Å². The van der Waals surface area contributed by atoms with Gasteiger partial charge in [0.2, 0.25) is 0 Å². The molecule has 0 unspecified atom stereocenters. The van der Waals surface area contributed by atoms with Crippen LogP contribution in [0.1, 0.15) is 0 Å². The van der Waals surface area contributed by atoms with E-state index >= 15 is 0 Å². The fourth-order valence-corrected chi connectivity index (χ4v) is 3.27. The Kier molecular flexibility index (Phi) is 3.79. The summed E-state index contributed by atoms with van der Waals surface area (Å²) in [4.78, 5) is 22.9. The first-order chi connectivity index (χ1) is 11.7. The lowest BCUT2D eigenvalue weighted by Crippen LogP contribution is -2.10. The summed E-state index contributed by atoms with van der Waals surface area (Å²) in [5.41, 5.74) is 3.35. The average molecular weight is 341 g/mol. The monoisotopic (exact) mass is 341 g/mol. The van der Waals surface area contributed by atoms with Crippen molar-refractivity contribution in [3.63, 3.8) is 0 Å². The molecule has 0 amide bonds. The first-order valence-corrected chi connectivity index (χ1v) is 8.40. The molecule has 0 aliphatic rings. The third-order valence-corrected chi connectivity index (χ3v) is 4.47. The second-order valence-corrected chi connectivity index (χ2v) is 6.10. The first-order valence-electron chi connectivity index (χ1n) is 7.46. The molecule has 24 heavy (non-hydrogen) atoms. The normalized spacial score (nSPS) is 11.4. The molecule has 0 bridgehead atoms. The highest BCUT2D eigenvalue weighted by Crippen LogP contribution is 2.26. The quantitative estimate of drug-likeness (QED) is 0.547. The maximum absolute atomic E-state index is 12.3. The molecule has 0 spiro atoms. The van der Waals surface area contributed by atoms with Crippen LogP contribution in [0.2, 0.25) is 0 Å². The van der Waals surface area contributed by atoms with Crippen molar-refractivity contribution in [1.82, 2.24) is 15.0 Å². The number of hydrogen-bond acceptors (Lipinski definition) is 5. The van der Waals surface area contributed by atoms with Gasteiger partial charge in [-0.2, -0.15) is 0 Å². The molecule has 4 rings (SSSR count). The predicted octanol–water partition coefficient (Wildman–Crippen LogP) is 3.16. The van der Waals surface area contributed by atoms with Gasteiger partial charge in [-0.1, -0.05) is 0 Å². The van der Waals surface area contributed by atoms with Crippen LogP contribution in [0.4, 0.5) is 0 Å². The molecule has 2 N–H and O–H groups in total. The maximum atomic E-state index is 12.3. The van der Waals surface area contributed by atoms with Gasteiger partial charge in [-0.15, -0.1) is 11.3 Å². The van der Waals surface area contributed by atoms with Crippen LogP contribution in [0.15, 0.2) is 39.8 Å². The van der Waals surface area contributed by atoms with E-state index in [-0.39, 0.29) is 5.56 Å². The molecule has 122 valence electrons. The van der Waals surface area contributed by atoms with Gasteiger partial charge in [-0.05, 0) is 24.3 Å². The zero-order chi connectivity index (χ0) is 16.5. The van der Waals surface area contributed by atoms with E-state index in [0.29, 0.717) is 24.6 Å². The number of H-pyrrole nitrogens is 2. The van der Waals surface area contributed by atoms with Gasteiger partial charge in [0.25, 0.3) is 5.56 Å². The van der Waals surface area contributed by atoms with Gasteiger partial charge < -0.3 is 19.4 Å². The number of nitrogens with zero attached hydrogens (tertiary/aromatic N) is 1. The molecule has 0 saturated heterocycles. The second kappa shape index (κ2) is 6.10. The molecule has 3 aromatic heterocycles. The number of methoxy groups -OCH3 is 1. The van der Waals surface area contributed by atoms with E-state index in [2.05, 4.69) is 15.0 Å². The van der Waals surface area contributed by atoms with E-state index < -0.39 is 0 Å². The summed E-state index contributed by atoms with van der Waals surface area (Å²) in [5.74, 6) is 0.764. The van der Waals surface area contributed by atoms with Crippen molar-refractivity contribution in [2.24, 2.45) is 0 Å². The SMILES string of the molecule is COCCOc1ccc2[nH]c(-c3nc4cscc4[nH]c3=O)cc2c1. The number of fused-ring (bicyclic) bond motifs is 2. The lowest BCUT2D eigenvalue weighted by molar-refractivity contribution is 0.146. The van der Waals surface area contributed by atoms with Crippen molar-refractivity contribution in [1.29, 1.82) is 0 Å². The Morgan fingerprint density at radius 3 is 2.92 bits per heavy atom. The van der Waals surface area contributed by atoms with Crippen LogP contribution >= 0.6 is 11.3 Å². The summed E-state index contributed by atoms with van der Waals surface area (Å²) in [5, 5.41) is 4.76. The van der Waals surface area contributed by atoms with E-state index in [4.69, 9.17) is 9.47 Å².